The summed E-state index contributed by atoms with van der Waals surface area (Å²) in [6, 6.07) is 0.512. The van der Waals surface area contributed by atoms with Crippen LogP contribution in [0.2, 0.25) is 0 Å². The van der Waals surface area contributed by atoms with Crippen LogP contribution in [0.5, 0.6) is 0 Å². The van der Waals surface area contributed by atoms with Gasteiger partial charge in [0.05, 0.1) is 23.9 Å². The maximum Gasteiger partial charge on any atom is 0.155 e. The van der Waals surface area contributed by atoms with Crippen LogP contribution in [0.3, 0.4) is 0 Å². The topological polar surface area (TPSA) is 82.2 Å². The lowest BCUT2D eigenvalue weighted by Gasteiger charge is -2.60. The van der Waals surface area contributed by atoms with Crippen LogP contribution >= 0.6 is 0 Å². The number of hydrogen-bond acceptors (Lipinski definition) is 5. The Morgan fingerprint density at radius 3 is 2.62 bits per heavy atom. The Morgan fingerprint density at radius 2 is 1.81 bits per heavy atom. The number of allylic oxidation sites excluding steroid dienone is 1. The Labute approximate surface area is 191 Å². The van der Waals surface area contributed by atoms with E-state index in [9.17, 15) is 15.0 Å². The highest BCUT2D eigenvalue weighted by molar-refractivity contribution is 6.35. The summed E-state index contributed by atoms with van der Waals surface area (Å²) >= 11 is 0. The van der Waals surface area contributed by atoms with E-state index in [2.05, 4.69) is 13.8 Å². The van der Waals surface area contributed by atoms with Gasteiger partial charge in [-0.2, -0.15) is 0 Å². The molecule has 4 fully saturated rings. The molecule has 0 saturated heterocycles. The van der Waals surface area contributed by atoms with Crippen molar-refractivity contribution in [1.29, 1.82) is 0 Å². The Balaban J connectivity index is 1.34. The molecule has 0 unspecified atom stereocenters. The summed E-state index contributed by atoms with van der Waals surface area (Å²) in [5, 5.41) is 23.8. The number of hydrogen-bond donors (Lipinski definition) is 2. The van der Waals surface area contributed by atoms with E-state index >= 15 is 0 Å². The summed E-state index contributed by atoms with van der Waals surface area (Å²) in [4.78, 5) is 22.0. The van der Waals surface area contributed by atoms with Gasteiger partial charge in [0.1, 0.15) is 5.60 Å². The van der Waals surface area contributed by atoms with Gasteiger partial charge in [0, 0.05) is 18.1 Å². The van der Waals surface area contributed by atoms with Gasteiger partial charge in [-0.25, -0.2) is 0 Å². The highest BCUT2D eigenvalue weighted by Gasteiger charge is 2.67. The van der Waals surface area contributed by atoms with Crippen molar-refractivity contribution in [2.24, 2.45) is 38.6 Å². The fraction of sp³-hybridized carbons (Fsp3) is 0.815. The number of aliphatic imine (C=N–C) groups is 2. The summed E-state index contributed by atoms with van der Waals surface area (Å²) in [5.74, 6) is 1.19. The first-order valence-corrected chi connectivity index (χ1v) is 13.0. The molecule has 1 heterocycles. The van der Waals surface area contributed by atoms with E-state index in [1.54, 1.807) is 0 Å². The largest absolute Gasteiger partial charge is 0.393 e. The lowest BCUT2D eigenvalue weighted by atomic mass is 9.45. The molecule has 32 heavy (non-hydrogen) atoms. The van der Waals surface area contributed by atoms with Crippen LogP contribution < -0.4 is 0 Å². The number of carbonyl (C=O) groups is 1. The predicted octanol–water partition coefficient (Wildman–Crippen LogP) is 4.06. The number of aliphatic hydroxyl groups excluding tert-OH is 1. The Kier molecular flexibility index (Phi) is 4.70. The van der Waals surface area contributed by atoms with Crippen LogP contribution in [0.25, 0.3) is 0 Å². The van der Waals surface area contributed by atoms with Crippen LogP contribution in [-0.2, 0) is 4.79 Å². The minimum Gasteiger partial charge on any atom is -0.393 e. The quantitative estimate of drug-likeness (QED) is 0.648. The Morgan fingerprint density at radius 1 is 1.03 bits per heavy atom. The molecule has 0 bridgehead atoms. The number of rotatable bonds is 1. The molecule has 0 aromatic carbocycles. The second kappa shape index (κ2) is 7.09. The molecule has 9 atom stereocenters. The fourth-order valence-electron chi connectivity index (χ4n) is 9.12. The van der Waals surface area contributed by atoms with Gasteiger partial charge >= 0.3 is 0 Å². The van der Waals surface area contributed by atoms with Crippen molar-refractivity contribution in [3.05, 3.63) is 11.6 Å². The van der Waals surface area contributed by atoms with E-state index in [1.165, 1.54) is 18.4 Å². The molecular formula is C27H38N2O3. The minimum absolute atomic E-state index is 0.0859. The van der Waals surface area contributed by atoms with Crippen molar-refractivity contribution < 1.29 is 15.0 Å². The van der Waals surface area contributed by atoms with Crippen molar-refractivity contribution >= 4 is 17.7 Å². The molecule has 5 nitrogen and oxygen atoms in total. The third kappa shape index (κ3) is 2.73. The first-order valence-electron chi connectivity index (χ1n) is 13.0. The molecule has 6 rings (SSSR count). The molecule has 174 valence electrons. The molecular weight excluding hydrogens is 400 g/mol. The molecule has 0 spiro atoms. The van der Waals surface area contributed by atoms with Gasteiger partial charge in [0.2, 0.25) is 0 Å². The minimum atomic E-state index is -1.00. The van der Waals surface area contributed by atoms with Gasteiger partial charge in [-0.1, -0.05) is 32.3 Å². The lowest BCUT2D eigenvalue weighted by molar-refractivity contribution is -0.153. The van der Waals surface area contributed by atoms with E-state index in [-0.39, 0.29) is 28.6 Å². The summed E-state index contributed by atoms with van der Waals surface area (Å²) in [6.07, 6.45) is 13.6. The van der Waals surface area contributed by atoms with Gasteiger partial charge < -0.3 is 10.2 Å². The second-order valence-corrected chi connectivity index (χ2v) is 12.2. The van der Waals surface area contributed by atoms with Gasteiger partial charge in [-0.15, -0.1) is 0 Å². The summed E-state index contributed by atoms with van der Waals surface area (Å²) < 4.78 is 0. The molecule has 5 aliphatic carbocycles. The molecule has 1 aliphatic heterocycles. The van der Waals surface area contributed by atoms with E-state index in [1.807, 2.05) is 12.3 Å². The number of fused-ring (bicyclic) bond motifs is 6. The highest BCUT2D eigenvalue weighted by Crippen LogP contribution is 2.67. The normalized spacial score (nSPS) is 52.3. The van der Waals surface area contributed by atoms with Crippen molar-refractivity contribution in [1.82, 2.24) is 0 Å². The highest BCUT2D eigenvalue weighted by atomic mass is 16.3. The Hall–Kier alpha value is -1.33. The summed E-state index contributed by atoms with van der Waals surface area (Å²) in [6.45, 7) is 4.50. The van der Waals surface area contributed by atoms with E-state index in [0.717, 1.165) is 44.2 Å². The zero-order valence-corrected chi connectivity index (χ0v) is 19.6. The van der Waals surface area contributed by atoms with Crippen LogP contribution in [-0.4, -0.2) is 51.7 Å². The molecule has 0 radical (unpaired) electrons. The Bertz CT molecular complexity index is 924. The summed E-state index contributed by atoms with van der Waals surface area (Å²) in [7, 11) is 0. The molecule has 6 aliphatic rings. The number of carbonyl (C=O) groups excluding carboxylic acids is 1. The third-order valence-corrected chi connectivity index (χ3v) is 10.9. The van der Waals surface area contributed by atoms with E-state index < -0.39 is 11.7 Å². The summed E-state index contributed by atoms with van der Waals surface area (Å²) in [5.41, 5.74) is 0.564. The number of nitrogens with zero attached hydrogens (tertiary/aromatic N) is 2. The standard InChI is InChI=1S/C27H38N2O3/c1-25-11-9-17(30)13-16(25)7-8-18-19-10-12-27(32,26(19,2)14-22(31)24(18)25)23-15-28-20-5-3-4-6-21(20)29-23/h13,15,18-22,24,31-32H,3-12,14H2,1-2H3/t18-,19-,20+,21+,22-,24+,25-,26-,27-/m0/s1. The monoisotopic (exact) mass is 438 g/mol. The van der Waals surface area contributed by atoms with Crippen LogP contribution in [0.4, 0.5) is 0 Å². The van der Waals surface area contributed by atoms with Gasteiger partial charge in [0.15, 0.2) is 5.78 Å². The zero-order chi connectivity index (χ0) is 22.3. The smallest absolute Gasteiger partial charge is 0.155 e. The van der Waals surface area contributed by atoms with Crippen LogP contribution in [0.15, 0.2) is 21.6 Å². The molecule has 5 heteroatoms. The van der Waals surface area contributed by atoms with Crippen molar-refractivity contribution in [2.45, 2.75) is 108 Å². The lowest BCUT2D eigenvalue weighted by Crippen LogP contribution is -2.62. The molecule has 0 amide bonds. The third-order valence-electron chi connectivity index (χ3n) is 10.9. The van der Waals surface area contributed by atoms with E-state index in [0.29, 0.717) is 37.1 Å². The zero-order valence-electron chi connectivity index (χ0n) is 19.6. The van der Waals surface area contributed by atoms with Crippen molar-refractivity contribution in [2.75, 3.05) is 0 Å². The molecule has 2 N–H and O–H groups in total. The number of ketones is 1. The van der Waals surface area contributed by atoms with E-state index in [4.69, 9.17) is 9.98 Å². The maximum atomic E-state index is 12.2. The molecule has 0 aromatic rings. The fourth-order valence-corrected chi connectivity index (χ4v) is 9.12. The van der Waals surface area contributed by atoms with Crippen molar-refractivity contribution in [3.63, 3.8) is 0 Å². The maximum absolute atomic E-state index is 12.2. The first-order chi connectivity index (χ1) is 15.3. The molecule has 4 saturated carbocycles. The second-order valence-electron chi connectivity index (χ2n) is 12.2. The first kappa shape index (κ1) is 21.2. The predicted molar refractivity (Wildman–Crippen MR) is 125 cm³/mol. The van der Waals surface area contributed by atoms with Crippen LogP contribution in [0.1, 0.15) is 84.5 Å². The number of aliphatic hydroxyl groups is 2. The van der Waals surface area contributed by atoms with Gasteiger partial charge in [0.25, 0.3) is 0 Å². The van der Waals surface area contributed by atoms with Gasteiger partial charge in [-0.05, 0) is 80.6 Å². The van der Waals surface area contributed by atoms with Crippen molar-refractivity contribution in [3.8, 4) is 0 Å². The van der Waals surface area contributed by atoms with Crippen LogP contribution in [0, 0.1) is 28.6 Å². The van der Waals surface area contributed by atoms with Gasteiger partial charge in [-0.3, -0.25) is 14.8 Å². The average Bonchev–Trinajstić information content (AvgIpc) is 3.05. The molecule has 0 aromatic heterocycles. The SMILES string of the molecule is C[C@]12CCC(=O)C=C1CC[C@@H]1[C@@H]2[C@@H](O)C[C@@]2(C)[C@H]1CC[C@]2(O)C1=N[C@@H]2CCCC[C@H]2N=C1. The average molecular weight is 439 g/mol.